The number of para-hydroxylation sites is 1. The predicted molar refractivity (Wildman–Crippen MR) is 54.9 cm³/mol. The van der Waals surface area contributed by atoms with Crippen LogP contribution in [0.5, 0.6) is 0 Å². The molecule has 14 heavy (non-hydrogen) atoms. The van der Waals surface area contributed by atoms with Crippen molar-refractivity contribution in [2.75, 3.05) is 12.3 Å². The molecule has 0 aliphatic heterocycles. The fraction of sp³-hybridized carbons (Fsp3) is 0.333. The number of aryl methyl sites for hydroxylation is 1. The number of rotatable bonds is 4. The summed E-state index contributed by atoms with van der Waals surface area (Å²) in [5, 5.41) is 10.5. The summed E-state index contributed by atoms with van der Waals surface area (Å²) in [6.45, 7) is 0.558. The first-order chi connectivity index (χ1) is 6.66. The monoisotopic (exact) mass is 195 g/mol. The Kier molecular flexibility index (Phi) is 3.41. The number of hydrogen-bond donors (Lipinski definition) is 2. The van der Waals surface area contributed by atoms with Crippen molar-refractivity contribution in [3.63, 3.8) is 0 Å². The molecule has 0 amide bonds. The minimum absolute atomic E-state index is 0.0282. The fourth-order valence-corrected chi connectivity index (χ4v) is 1.27. The van der Waals surface area contributed by atoms with Gasteiger partial charge in [0.15, 0.2) is 0 Å². The van der Waals surface area contributed by atoms with Crippen LogP contribution in [-0.2, 0) is 6.42 Å². The summed E-state index contributed by atoms with van der Waals surface area (Å²) in [4.78, 5) is 10.1. The number of anilines is 1. The Labute approximate surface area is 81.9 Å². The highest BCUT2D eigenvalue weighted by Crippen LogP contribution is 2.25. The zero-order chi connectivity index (χ0) is 10.6. The van der Waals surface area contributed by atoms with Gasteiger partial charge in [-0.1, -0.05) is 12.1 Å². The number of nitrogens with zero attached hydrogens (tertiary/aromatic N) is 1. The number of nitrogen functional groups attached to an aromatic ring is 1. The lowest BCUT2D eigenvalue weighted by Gasteiger charge is -2.04. The van der Waals surface area contributed by atoms with Gasteiger partial charge in [-0.25, -0.2) is 0 Å². The smallest absolute Gasteiger partial charge is 0.292 e. The van der Waals surface area contributed by atoms with Crippen molar-refractivity contribution in [2.45, 2.75) is 12.8 Å². The topological polar surface area (TPSA) is 95.2 Å². The second kappa shape index (κ2) is 4.57. The van der Waals surface area contributed by atoms with Gasteiger partial charge in [0.2, 0.25) is 0 Å². The van der Waals surface area contributed by atoms with Crippen LogP contribution in [0.4, 0.5) is 11.4 Å². The van der Waals surface area contributed by atoms with E-state index in [1.807, 2.05) is 0 Å². The zero-order valence-electron chi connectivity index (χ0n) is 7.77. The first kappa shape index (κ1) is 10.5. The molecule has 0 saturated heterocycles. The largest absolute Gasteiger partial charge is 0.393 e. The third-order valence-corrected chi connectivity index (χ3v) is 2.02. The molecule has 0 spiro atoms. The lowest BCUT2D eigenvalue weighted by Crippen LogP contribution is -2.04. The molecule has 0 heterocycles. The zero-order valence-corrected chi connectivity index (χ0v) is 7.77. The van der Waals surface area contributed by atoms with Gasteiger partial charge in [-0.15, -0.1) is 0 Å². The van der Waals surface area contributed by atoms with Crippen LogP contribution in [-0.4, -0.2) is 11.5 Å². The first-order valence-electron chi connectivity index (χ1n) is 4.38. The van der Waals surface area contributed by atoms with E-state index < -0.39 is 4.92 Å². The number of hydrogen-bond acceptors (Lipinski definition) is 4. The molecule has 5 heteroatoms. The maximum atomic E-state index is 10.5. The summed E-state index contributed by atoms with van der Waals surface area (Å²) in [6, 6.07) is 4.83. The lowest BCUT2D eigenvalue weighted by molar-refractivity contribution is -0.383. The molecule has 0 saturated carbocycles. The standard InChI is InChI=1S/C9H13N3O2/c10-6-2-4-7-3-1-5-8(9(7)11)12(13)14/h1,3,5H,2,4,6,10-11H2. The van der Waals surface area contributed by atoms with E-state index in [2.05, 4.69) is 0 Å². The molecule has 0 radical (unpaired) electrons. The van der Waals surface area contributed by atoms with Gasteiger partial charge < -0.3 is 11.5 Å². The summed E-state index contributed by atoms with van der Waals surface area (Å²) in [6.07, 6.45) is 1.47. The molecule has 0 aliphatic rings. The Hall–Kier alpha value is -1.62. The van der Waals surface area contributed by atoms with E-state index in [-0.39, 0.29) is 11.4 Å². The van der Waals surface area contributed by atoms with Gasteiger partial charge >= 0.3 is 0 Å². The van der Waals surface area contributed by atoms with E-state index in [9.17, 15) is 10.1 Å². The average molecular weight is 195 g/mol. The van der Waals surface area contributed by atoms with Crippen LogP contribution in [0.3, 0.4) is 0 Å². The molecular formula is C9H13N3O2. The van der Waals surface area contributed by atoms with Gasteiger partial charge in [0.1, 0.15) is 5.69 Å². The summed E-state index contributed by atoms with van der Waals surface area (Å²) >= 11 is 0. The number of nitrogens with two attached hydrogens (primary N) is 2. The molecule has 0 fully saturated rings. The summed E-state index contributed by atoms with van der Waals surface area (Å²) in [7, 11) is 0. The van der Waals surface area contributed by atoms with Gasteiger partial charge in [0, 0.05) is 6.07 Å². The number of benzene rings is 1. The van der Waals surface area contributed by atoms with Crippen molar-refractivity contribution < 1.29 is 4.92 Å². The molecule has 1 rings (SSSR count). The Bertz CT molecular complexity index is 339. The van der Waals surface area contributed by atoms with E-state index in [1.54, 1.807) is 12.1 Å². The molecular weight excluding hydrogens is 182 g/mol. The first-order valence-corrected chi connectivity index (χ1v) is 4.38. The molecule has 0 atom stereocenters. The van der Waals surface area contributed by atoms with E-state index in [1.165, 1.54) is 6.07 Å². The molecule has 5 nitrogen and oxygen atoms in total. The lowest BCUT2D eigenvalue weighted by atomic mass is 10.1. The number of nitro benzene ring substituents is 1. The Morgan fingerprint density at radius 1 is 1.43 bits per heavy atom. The van der Waals surface area contributed by atoms with E-state index >= 15 is 0 Å². The normalized spacial score (nSPS) is 10.1. The van der Waals surface area contributed by atoms with Crippen LogP contribution in [0.25, 0.3) is 0 Å². The Morgan fingerprint density at radius 3 is 2.71 bits per heavy atom. The minimum Gasteiger partial charge on any atom is -0.393 e. The molecule has 0 aromatic heterocycles. The summed E-state index contributed by atoms with van der Waals surface area (Å²) in [5.41, 5.74) is 12.0. The van der Waals surface area contributed by atoms with Crippen molar-refractivity contribution in [1.29, 1.82) is 0 Å². The van der Waals surface area contributed by atoms with E-state index in [0.29, 0.717) is 13.0 Å². The molecule has 4 N–H and O–H groups in total. The minimum atomic E-state index is -0.471. The Morgan fingerprint density at radius 2 is 2.14 bits per heavy atom. The van der Waals surface area contributed by atoms with Crippen LogP contribution in [0.2, 0.25) is 0 Å². The quantitative estimate of drug-likeness (QED) is 0.426. The van der Waals surface area contributed by atoms with Crippen LogP contribution in [0.15, 0.2) is 18.2 Å². The molecule has 76 valence electrons. The van der Waals surface area contributed by atoms with Crippen molar-refractivity contribution in [3.05, 3.63) is 33.9 Å². The van der Waals surface area contributed by atoms with E-state index in [0.717, 1.165) is 12.0 Å². The SMILES string of the molecule is NCCCc1cccc([N+](=O)[O-])c1N. The van der Waals surface area contributed by atoms with Gasteiger partial charge in [-0.05, 0) is 24.9 Å². The number of nitro groups is 1. The highest BCUT2D eigenvalue weighted by Gasteiger charge is 2.13. The maximum Gasteiger partial charge on any atom is 0.292 e. The van der Waals surface area contributed by atoms with Crippen molar-refractivity contribution >= 4 is 11.4 Å². The second-order valence-corrected chi connectivity index (χ2v) is 3.00. The van der Waals surface area contributed by atoms with Crippen LogP contribution in [0, 0.1) is 10.1 Å². The molecule has 1 aromatic carbocycles. The molecule has 0 unspecified atom stereocenters. The molecule has 1 aromatic rings. The summed E-state index contributed by atoms with van der Waals surface area (Å²) < 4.78 is 0. The van der Waals surface area contributed by atoms with Gasteiger partial charge in [0.25, 0.3) is 5.69 Å². The predicted octanol–water partition coefficient (Wildman–Crippen LogP) is 1.07. The highest BCUT2D eigenvalue weighted by molar-refractivity contribution is 5.62. The van der Waals surface area contributed by atoms with Crippen molar-refractivity contribution in [3.8, 4) is 0 Å². The van der Waals surface area contributed by atoms with Crippen molar-refractivity contribution in [2.24, 2.45) is 5.73 Å². The van der Waals surface area contributed by atoms with E-state index in [4.69, 9.17) is 11.5 Å². The van der Waals surface area contributed by atoms with Crippen molar-refractivity contribution in [1.82, 2.24) is 0 Å². The van der Waals surface area contributed by atoms with Crippen LogP contribution >= 0.6 is 0 Å². The van der Waals surface area contributed by atoms with Crippen LogP contribution in [0.1, 0.15) is 12.0 Å². The summed E-state index contributed by atoms with van der Waals surface area (Å²) in [5.74, 6) is 0. The second-order valence-electron chi connectivity index (χ2n) is 3.00. The van der Waals surface area contributed by atoms with Gasteiger partial charge in [-0.2, -0.15) is 0 Å². The van der Waals surface area contributed by atoms with Crippen LogP contribution < -0.4 is 11.5 Å². The average Bonchev–Trinajstić information content (AvgIpc) is 2.16. The Balaban J connectivity index is 2.95. The highest BCUT2D eigenvalue weighted by atomic mass is 16.6. The molecule has 0 aliphatic carbocycles. The maximum absolute atomic E-state index is 10.5. The molecule has 0 bridgehead atoms. The third-order valence-electron chi connectivity index (χ3n) is 2.02. The fourth-order valence-electron chi connectivity index (χ4n) is 1.27. The third kappa shape index (κ3) is 2.20. The van der Waals surface area contributed by atoms with Gasteiger partial charge in [-0.3, -0.25) is 10.1 Å². The van der Waals surface area contributed by atoms with Gasteiger partial charge in [0.05, 0.1) is 4.92 Å².